The summed E-state index contributed by atoms with van der Waals surface area (Å²) < 4.78 is 7.50. The average molecular weight is 343 g/mol. The number of hydrogen-bond donors (Lipinski definition) is 2. The van der Waals surface area contributed by atoms with Crippen molar-refractivity contribution in [1.29, 1.82) is 0 Å². The van der Waals surface area contributed by atoms with Gasteiger partial charge in [0.05, 0.1) is 18.3 Å². The van der Waals surface area contributed by atoms with Gasteiger partial charge in [-0.1, -0.05) is 22.9 Å². The van der Waals surface area contributed by atoms with E-state index in [0.717, 1.165) is 37.4 Å². The van der Waals surface area contributed by atoms with Gasteiger partial charge in [-0.3, -0.25) is 4.79 Å². The van der Waals surface area contributed by atoms with Gasteiger partial charge >= 0.3 is 0 Å². The van der Waals surface area contributed by atoms with Crippen molar-refractivity contribution in [2.75, 3.05) is 26.2 Å². The number of hydrogen-bond acceptors (Lipinski definition) is 5. The molecule has 2 aromatic rings. The summed E-state index contributed by atoms with van der Waals surface area (Å²) >= 11 is 0. The van der Waals surface area contributed by atoms with Crippen LogP contribution in [0.3, 0.4) is 0 Å². The fraction of sp³-hybridized carbons (Fsp3) is 0.500. The Morgan fingerprint density at radius 3 is 2.72 bits per heavy atom. The van der Waals surface area contributed by atoms with E-state index in [9.17, 15) is 4.79 Å². The van der Waals surface area contributed by atoms with Crippen LogP contribution in [0.1, 0.15) is 40.6 Å². The second-order valence-corrected chi connectivity index (χ2v) is 6.37. The van der Waals surface area contributed by atoms with Gasteiger partial charge in [-0.2, -0.15) is 0 Å². The largest absolute Gasteiger partial charge is 0.492 e. The van der Waals surface area contributed by atoms with E-state index in [4.69, 9.17) is 4.74 Å². The van der Waals surface area contributed by atoms with E-state index in [0.29, 0.717) is 24.9 Å². The molecule has 1 aromatic heterocycles. The number of carbonyl (C=O) groups is 1. The third-order valence-corrected chi connectivity index (χ3v) is 4.47. The van der Waals surface area contributed by atoms with E-state index in [1.807, 2.05) is 42.8 Å². The summed E-state index contributed by atoms with van der Waals surface area (Å²) in [5, 5.41) is 14.4. The maximum Gasteiger partial charge on any atom is 0.273 e. The van der Waals surface area contributed by atoms with Gasteiger partial charge in [0.1, 0.15) is 12.4 Å². The Morgan fingerprint density at radius 1 is 1.28 bits per heavy atom. The number of amides is 1. The van der Waals surface area contributed by atoms with Gasteiger partial charge in [-0.25, -0.2) is 4.68 Å². The maximum absolute atomic E-state index is 12.3. The third-order valence-electron chi connectivity index (χ3n) is 4.47. The molecule has 134 valence electrons. The summed E-state index contributed by atoms with van der Waals surface area (Å²) in [5.41, 5.74) is 2.41. The number of ether oxygens (including phenoxy) is 1. The van der Waals surface area contributed by atoms with Crippen LogP contribution < -0.4 is 15.4 Å². The van der Waals surface area contributed by atoms with E-state index in [1.54, 1.807) is 0 Å². The van der Waals surface area contributed by atoms with Crippen molar-refractivity contribution in [2.24, 2.45) is 0 Å². The van der Waals surface area contributed by atoms with E-state index in [2.05, 4.69) is 20.9 Å². The summed E-state index contributed by atoms with van der Waals surface area (Å²) in [4.78, 5) is 12.3. The molecular weight excluding hydrogens is 318 g/mol. The van der Waals surface area contributed by atoms with Gasteiger partial charge in [-0.05, 0) is 51.9 Å². The zero-order valence-electron chi connectivity index (χ0n) is 14.8. The van der Waals surface area contributed by atoms with Crippen molar-refractivity contribution in [3.63, 3.8) is 0 Å². The fourth-order valence-corrected chi connectivity index (χ4v) is 3.00. The molecule has 1 aromatic carbocycles. The molecule has 0 bridgehead atoms. The topological polar surface area (TPSA) is 81.1 Å². The summed E-state index contributed by atoms with van der Waals surface area (Å²) in [6.07, 6.45) is 2.02. The van der Waals surface area contributed by atoms with Crippen LogP contribution in [0.2, 0.25) is 0 Å². The maximum atomic E-state index is 12.3. The standard InChI is InChI=1S/C18H25N5O2/c1-13-3-5-16(6-4-13)25-12-11-20-18(24)17-14(2)23(22-21-17)15-7-9-19-10-8-15/h3-6,15,19H,7-12H2,1-2H3,(H,20,24). The molecule has 2 N–H and O–H groups in total. The molecular formula is C18H25N5O2. The van der Waals surface area contributed by atoms with E-state index in [-0.39, 0.29) is 5.91 Å². The first-order chi connectivity index (χ1) is 12.1. The first-order valence-electron chi connectivity index (χ1n) is 8.75. The first-order valence-corrected chi connectivity index (χ1v) is 8.75. The predicted molar refractivity (Wildman–Crippen MR) is 94.9 cm³/mol. The van der Waals surface area contributed by atoms with E-state index in [1.165, 1.54) is 5.56 Å². The molecule has 1 saturated heterocycles. The molecule has 25 heavy (non-hydrogen) atoms. The number of nitrogens with zero attached hydrogens (tertiary/aromatic N) is 3. The molecule has 2 heterocycles. The SMILES string of the molecule is Cc1ccc(OCCNC(=O)c2nnn(C3CCNCC3)c2C)cc1. The Hall–Kier alpha value is -2.41. The Bertz CT molecular complexity index is 705. The minimum absolute atomic E-state index is 0.204. The number of nitrogens with one attached hydrogen (secondary N) is 2. The normalized spacial score (nSPS) is 15.1. The molecule has 7 nitrogen and oxygen atoms in total. The molecule has 1 aliphatic heterocycles. The van der Waals surface area contributed by atoms with Crippen molar-refractivity contribution in [2.45, 2.75) is 32.7 Å². The summed E-state index contributed by atoms with van der Waals surface area (Å²) in [7, 11) is 0. The van der Waals surface area contributed by atoms with Crippen LogP contribution in [-0.2, 0) is 0 Å². The highest BCUT2D eigenvalue weighted by Crippen LogP contribution is 2.20. The Balaban J connectivity index is 1.49. The molecule has 0 spiro atoms. The number of aryl methyl sites for hydroxylation is 1. The zero-order valence-corrected chi connectivity index (χ0v) is 14.8. The van der Waals surface area contributed by atoms with Crippen LogP contribution in [0.5, 0.6) is 5.75 Å². The van der Waals surface area contributed by atoms with Gasteiger partial charge in [-0.15, -0.1) is 5.10 Å². The highest BCUT2D eigenvalue weighted by molar-refractivity contribution is 5.93. The molecule has 0 aliphatic carbocycles. The molecule has 0 radical (unpaired) electrons. The van der Waals surface area contributed by atoms with Crippen LogP contribution >= 0.6 is 0 Å². The summed E-state index contributed by atoms with van der Waals surface area (Å²) in [6, 6.07) is 8.16. The highest BCUT2D eigenvalue weighted by atomic mass is 16.5. The van der Waals surface area contributed by atoms with Crippen LogP contribution in [-0.4, -0.2) is 47.1 Å². The summed E-state index contributed by atoms with van der Waals surface area (Å²) in [6.45, 7) is 6.72. The first kappa shape index (κ1) is 17.4. The quantitative estimate of drug-likeness (QED) is 0.779. The lowest BCUT2D eigenvalue weighted by molar-refractivity contribution is 0.0941. The van der Waals surface area contributed by atoms with Gasteiger partial charge in [0.25, 0.3) is 5.91 Å². The van der Waals surface area contributed by atoms with Crippen molar-refractivity contribution >= 4 is 5.91 Å². The van der Waals surface area contributed by atoms with Crippen LogP contribution in [0.4, 0.5) is 0 Å². The van der Waals surface area contributed by atoms with E-state index < -0.39 is 0 Å². The number of aromatic nitrogens is 3. The lowest BCUT2D eigenvalue weighted by Gasteiger charge is -2.23. The van der Waals surface area contributed by atoms with Crippen molar-refractivity contribution in [1.82, 2.24) is 25.6 Å². The van der Waals surface area contributed by atoms with Gasteiger partial charge in [0.2, 0.25) is 0 Å². The zero-order chi connectivity index (χ0) is 17.6. The minimum Gasteiger partial charge on any atom is -0.492 e. The van der Waals surface area contributed by atoms with E-state index >= 15 is 0 Å². The molecule has 0 atom stereocenters. The number of carbonyl (C=O) groups excluding carboxylic acids is 1. The molecule has 7 heteroatoms. The van der Waals surface area contributed by atoms with Gasteiger partial charge in [0, 0.05) is 0 Å². The monoisotopic (exact) mass is 343 g/mol. The predicted octanol–water partition coefficient (Wildman–Crippen LogP) is 1.63. The highest BCUT2D eigenvalue weighted by Gasteiger charge is 2.22. The fourth-order valence-electron chi connectivity index (χ4n) is 3.00. The third kappa shape index (κ3) is 4.36. The Kier molecular flexibility index (Phi) is 5.65. The lowest BCUT2D eigenvalue weighted by atomic mass is 10.1. The van der Waals surface area contributed by atoms with Gasteiger partial charge < -0.3 is 15.4 Å². The molecule has 1 aliphatic rings. The molecule has 0 saturated carbocycles. The number of benzene rings is 1. The molecule has 1 amide bonds. The molecule has 1 fully saturated rings. The summed E-state index contributed by atoms with van der Waals surface area (Å²) in [5.74, 6) is 0.595. The second kappa shape index (κ2) is 8.11. The smallest absolute Gasteiger partial charge is 0.273 e. The Morgan fingerprint density at radius 2 is 2.00 bits per heavy atom. The number of rotatable bonds is 6. The molecule has 0 unspecified atom stereocenters. The van der Waals surface area contributed by atoms with Crippen LogP contribution in [0.15, 0.2) is 24.3 Å². The molecule has 3 rings (SSSR count). The van der Waals surface area contributed by atoms with Crippen molar-refractivity contribution in [3.05, 3.63) is 41.2 Å². The number of piperidine rings is 1. The minimum atomic E-state index is -0.204. The van der Waals surface area contributed by atoms with Crippen molar-refractivity contribution < 1.29 is 9.53 Å². The van der Waals surface area contributed by atoms with Crippen LogP contribution in [0.25, 0.3) is 0 Å². The second-order valence-electron chi connectivity index (χ2n) is 6.37. The average Bonchev–Trinajstić information content (AvgIpc) is 3.02. The lowest BCUT2D eigenvalue weighted by Crippen LogP contribution is -2.31. The Labute approximate surface area is 147 Å². The van der Waals surface area contributed by atoms with Gasteiger partial charge in [0.15, 0.2) is 5.69 Å². The van der Waals surface area contributed by atoms with Crippen LogP contribution in [0, 0.1) is 13.8 Å². The van der Waals surface area contributed by atoms with Crippen molar-refractivity contribution in [3.8, 4) is 5.75 Å².